The van der Waals surface area contributed by atoms with Crippen LogP contribution in [0.3, 0.4) is 0 Å². The molecular weight excluding hydrogens is 274 g/mol. The first-order valence-corrected chi connectivity index (χ1v) is 7.47. The van der Waals surface area contributed by atoms with Crippen LogP contribution in [0.15, 0.2) is 18.2 Å². The molecule has 0 radical (unpaired) electrons. The Morgan fingerprint density at radius 2 is 1.90 bits per heavy atom. The van der Waals surface area contributed by atoms with Gasteiger partial charge in [-0.15, -0.1) is 5.10 Å². The average molecular weight is 292 g/mol. The second-order valence-corrected chi connectivity index (χ2v) is 5.74. The Labute approximate surface area is 123 Å². The number of hydrogen-bond donors (Lipinski definition) is 1. The van der Waals surface area contributed by atoms with Crippen molar-refractivity contribution in [2.75, 3.05) is 5.73 Å². The van der Waals surface area contributed by atoms with E-state index in [1.165, 1.54) is 25.7 Å². The highest BCUT2D eigenvalue weighted by Crippen LogP contribution is 2.31. The molecule has 20 heavy (non-hydrogen) atoms. The van der Waals surface area contributed by atoms with Crippen molar-refractivity contribution in [3.05, 3.63) is 23.2 Å². The number of anilines is 1. The first-order chi connectivity index (χ1) is 9.75. The van der Waals surface area contributed by atoms with Gasteiger partial charge in [-0.1, -0.05) is 37.3 Å². The van der Waals surface area contributed by atoms with Crippen molar-refractivity contribution >= 4 is 17.3 Å². The standard InChI is InChI=1S/C14H18ClN5/c15-12-8-7-10(9-13(12)16)14-17-18-19-20(14)11-5-3-1-2-4-6-11/h7-9,11H,1-6,16H2. The third-order valence-electron chi connectivity index (χ3n) is 3.92. The number of tetrazole rings is 1. The second kappa shape index (κ2) is 5.79. The molecule has 1 fully saturated rings. The summed E-state index contributed by atoms with van der Waals surface area (Å²) in [4.78, 5) is 0. The maximum atomic E-state index is 5.97. The molecule has 0 saturated heterocycles. The van der Waals surface area contributed by atoms with Crippen LogP contribution >= 0.6 is 11.6 Å². The van der Waals surface area contributed by atoms with E-state index >= 15 is 0 Å². The van der Waals surface area contributed by atoms with Crippen molar-refractivity contribution in [1.29, 1.82) is 0 Å². The summed E-state index contributed by atoms with van der Waals surface area (Å²) >= 11 is 5.97. The molecule has 0 unspecified atom stereocenters. The Hall–Kier alpha value is -1.62. The summed E-state index contributed by atoms with van der Waals surface area (Å²) in [5.41, 5.74) is 7.34. The number of aromatic nitrogens is 4. The third-order valence-corrected chi connectivity index (χ3v) is 4.26. The van der Waals surface area contributed by atoms with E-state index in [1.54, 1.807) is 6.07 Å². The number of hydrogen-bond acceptors (Lipinski definition) is 4. The van der Waals surface area contributed by atoms with Crippen LogP contribution in [0.1, 0.15) is 44.6 Å². The first kappa shape index (κ1) is 13.4. The first-order valence-electron chi connectivity index (χ1n) is 7.09. The fourth-order valence-electron chi connectivity index (χ4n) is 2.81. The van der Waals surface area contributed by atoms with Crippen molar-refractivity contribution in [2.45, 2.75) is 44.6 Å². The van der Waals surface area contributed by atoms with Gasteiger partial charge in [-0.05, 0) is 41.5 Å². The van der Waals surface area contributed by atoms with E-state index in [4.69, 9.17) is 17.3 Å². The lowest BCUT2D eigenvalue weighted by Gasteiger charge is -2.15. The number of rotatable bonds is 2. The van der Waals surface area contributed by atoms with Gasteiger partial charge in [0.25, 0.3) is 0 Å². The van der Waals surface area contributed by atoms with Gasteiger partial charge in [0, 0.05) is 5.56 Å². The maximum absolute atomic E-state index is 5.97. The minimum atomic E-state index is 0.388. The second-order valence-electron chi connectivity index (χ2n) is 5.33. The topological polar surface area (TPSA) is 69.6 Å². The van der Waals surface area contributed by atoms with Crippen LogP contribution in [0.5, 0.6) is 0 Å². The molecular formula is C14H18ClN5. The molecule has 0 aliphatic heterocycles. The number of nitrogen functional groups attached to an aromatic ring is 1. The summed E-state index contributed by atoms with van der Waals surface area (Å²) in [5.74, 6) is 0.778. The molecule has 2 N–H and O–H groups in total. The molecule has 1 aromatic heterocycles. The number of nitrogens with zero attached hydrogens (tertiary/aromatic N) is 4. The molecule has 0 amide bonds. The largest absolute Gasteiger partial charge is 0.398 e. The van der Waals surface area contributed by atoms with E-state index in [2.05, 4.69) is 15.5 Å². The van der Waals surface area contributed by atoms with Gasteiger partial charge in [0.2, 0.25) is 0 Å². The van der Waals surface area contributed by atoms with Crippen LogP contribution in [-0.4, -0.2) is 20.2 Å². The van der Waals surface area contributed by atoms with E-state index in [1.807, 2.05) is 16.8 Å². The molecule has 0 atom stereocenters. The molecule has 106 valence electrons. The molecule has 1 saturated carbocycles. The van der Waals surface area contributed by atoms with Gasteiger partial charge in [-0.3, -0.25) is 0 Å². The van der Waals surface area contributed by atoms with Crippen molar-refractivity contribution in [2.24, 2.45) is 0 Å². The highest BCUT2D eigenvalue weighted by atomic mass is 35.5. The van der Waals surface area contributed by atoms with Gasteiger partial charge >= 0.3 is 0 Å². The van der Waals surface area contributed by atoms with Crippen LogP contribution in [0.2, 0.25) is 5.02 Å². The fraction of sp³-hybridized carbons (Fsp3) is 0.500. The molecule has 0 spiro atoms. The van der Waals surface area contributed by atoms with E-state index in [0.717, 1.165) is 24.2 Å². The Balaban J connectivity index is 1.94. The quantitative estimate of drug-likeness (QED) is 0.679. The number of benzene rings is 1. The lowest BCUT2D eigenvalue weighted by Crippen LogP contribution is -2.11. The maximum Gasteiger partial charge on any atom is 0.182 e. The van der Waals surface area contributed by atoms with Gasteiger partial charge in [-0.25, -0.2) is 4.68 Å². The van der Waals surface area contributed by atoms with Crippen molar-refractivity contribution in [3.8, 4) is 11.4 Å². The summed E-state index contributed by atoms with van der Waals surface area (Å²) in [6.07, 6.45) is 7.38. The predicted octanol–water partition coefficient (Wildman–Crippen LogP) is 3.47. The summed E-state index contributed by atoms with van der Waals surface area (Å²) < 4.78 is 1.95. The van der Waals surface area contributed by atoms with E-state index in [-0.39, 0.29) is 0 Å². The molecule has 1 heterocycles. The molecule has 1 aromatic carbocycles. The number of halogens is 1. The zero-order valence-electron chi connectivity index (χ0n) is 11.3. The smallest absolute Gasteiger partial charge is 0.182 e. The van der Waals surface area contributed by atoms with Gasteiger partial charge < -0.3 is 5.73 Å². The minimum Gasteiger partial charge on any atom is -0.398 e. The Morgan fingerprint density at radius 3 is 2.60 bits per heavy atom. The predicted molar refractivity (Wildman–Crippen MR) is 79.4 cm³/mol. The molecule has 1 aliphatic carbocycles. The summed E-state index contributed by atoms with van der Waals surface area (Å²) in [7, 11) is 0. The van der Waals surface area contributed by atoms with Crippen molar-refractivity contribution in [1.82, 2.24) is 20.2 Å². The van der Waals surface area contributed by atoms with Gasteiger partial charge in [-0.2, -0.15) is 0 Å². The minimum absolute atomic E-state index is 0.388. The third kappa shape index (κ3) is 2.63. The van der Waals surface area contributed by atoms with Crippen LogP contribution in [0, 0.1) is 0 Å². The normalized spacial score (nSPS) is 17.1. The highest BCUT2D eigenvalue weighted by Gasteiger charge is 2.20. The van der Waals surface area contributed by atoms with Crippen LogP contribution in [-0.2, 0) is 0 Å². The van der Waals surface area contributed by atoms with E-state index in [9.17, 15) is 0 Å². The monoisotopic (exact) mass is 291 g/mol. The van der Waals surface area contributed by atoms with Gasteiger partial charge in [0.1, 0.15) is 0 Å². The summed E-state index contributed by atoms with van der Waals surface area (Å²) in [6.45, 7) is 0. The molecule has 3 rings (SSSR count). The van der Waals surface area contributed by atoms with Crippen LogP contribution in [0.25, 0.3) is 11.4 Å². The molecule has 1 aliphatic rings. The lowest BCUT2D eigenvalue weighted by molar-refractivity contribution is 0.400. The van der Waals surface area contributed by atoms with Crippen LogP contribution < -0.4 is 5.73 Å². The SMILES string of the molecule is Nc1cc(-c2nnnn2C2CCCCCC2)ccc1Cl. The summed E-state index contributed by atoms with van der Waals surface area (Å²) in [6, 6.07) is 5.93. The highest BCUT2D eigenvalue weighted by molar-refractivity contribution is 6.33. The Morgan fingerprint density at radius 1 is 1.15 bits per heavy atom. The van der Waals surface area contributed by atoms with Gasteiger partial charge in [0.05, 0.1) is 16.8 Å². The Bertz CT molecular complexity index is 587. The average Bonchev–Trinajstić information content (AvgIpc) is 2.77. The van der Waals surface area contributed by atoms with E-state index in [0.29, 0.717) is 16.8 Å². The Kier molecular flexibility index (Phi) is 3.87. The molecule has 2 aromatic rings. The van der Waals surface area contributed by atoms with Crippen molar-refractivity contribution < 1.29 is 0 Å². The molecule has 0 bridgehead atoms. The van der Waals surface area contributed by atoms with E-state index < -0.39 is 0 Å². The molecule has 6 heteroatoms. The number of nitrogens with two attached hydrogens (primary N) is 1. The van der Waals surface area contributed by atoms with Gasteiger partial charge in [0.15, 0.2) is 5.82 Å². The fourth-order valence-corrected chi connectivity index (χ4v) is 2.93. The lowest BCUT2D eigenvalue weighted by atomic mass is 10.1. The van der Waals surface area contributed by atoms with Crippen molar-refractivity contribution in [3.63, 3.8) is 0 Å². The zero-order chi connectivity index (χ0) is 13.9. The zero-order valence-corrected chi connectivity index (χ0v) is 12.1. The molecule has 5 nitrogen and oxygen atoms in total. The summed E-state index contributed by atoms with van der Waals surface area (Å²) in [5, 5.41) is 12.8. The van der Waals surface area contributed by atoms with Crippen LogP contribution in [0.4, 0.5) is 5.69 Å².